The van der Waals surface area contributed by atoms with E-state index < -0.39 is 0 Å². The van der Waals surface area contributed by atoms with Crippen molar-refractivity contribution >= 4 is 5.91 Å². The summed E-state index contributed by atoms with van der Waals surface area (Å²) in [5, 5.41) is 6.39. The number of rotatable bonds is 10. The molecule has 0 bridgehead atoms. The van der Waals surface area contributed by atoms with E-state index in [4.69, 9.17) is 14.5 Å². The molecule has 0 unspecified atom stereocenters. The number of aromatic nitrogens is 1. The molecular formula is C36H37N3O3. The van der Waals surface area contributed by atoms with E-state index in [1.54, 1.807) is 7.11 Å². The third-order valence-electron chi connectivity index (χ3n) is 8.19. The minimum absolute atomic E-state index is 0.191. The topological polar surface area (TPSA) is 72.5 Å². The predicted octanol–water partition coefficient (Wildman–Crippen LogP) is 6.04. The van der Waals surface area contributed by atoms with E-state index in [1.165, 1.54) is 33.9 Å². The van der Waals surface area contributed by atoms with Gasteiger partial charge in [0.25, 0.3) is 0 Å². The van der Waals surface area contributed by atoms with E-state index in [0.717, 1.165) is 78.2 Å². The molecule has 1 aromatic heterocycles. The van der Waals surface area contributed by atoms with Crippen molar-refractivity contribution < 1.29 is 14.3 Å². The smallest absolute Gasteiger partial charge is 0.243 e. The molecule has 0 fully saturated rings. The fourth-order valence-electron chi connectivity index (χ4n) is 6.15. The molecule has 1 aliphatic carbocycles. The van der Waals surface area contributed by atoms with Crippen LogP contribution in [0.1, 0.15) is 34.2 Å². The van der Waals surface area contributed by atoms with Gasteiger partial charge in [-0.25, -0.2) is 4.98 Å². The Balaban J connectivity index is 1.54. The molecule has 2 heterocycles. The molecule has 6 heteroatoms. The molecule has 0 atom stereocenters. The van der Waals surface area contributed by atoms with Gasteiger partial charge in [0.15, 0.2) is 0 Å². The second-order valence-electron chi connectivity index (χ2n) is 10.9. The maximum Gasteiger partial charge on any atom is 0.243 e. The normalized spacial score (nSPS) is 13.7. The Morgan fingerprint density at radius 1 is 0.952 bits per heavy atom. The minimum atomic E-state index is -0.191. The number of carbonyl (C=O) groups excluding carboxylic acids is 1. The van der Waals surface area contributed by atoms with Gasteiger partial charge in [0, 0.05) is 42.5 Å². The zero-order chi connectivity index (χ0) is 28.9. The van der Waals surface area contributed by atoms with E-state index in [9.17, 15) is 4.79 Å². The number of hydrogen-bond acceptors (Lipinski definition) is 5. The second-order valence-corrected chi connectivity index (χ2v) is 10.9. The van der Waals surface area contributed by atoms with Gasteiger partial charge in [-0.2, -0.15) is 0 Å². The summed E-state index contributed by atoms with van der Waals surface area (Å²) in [5.41, 5.74) is 12.8. The summed E-state index contributed by atoms with van der Waals surface area (Å²) >= 11 is 0. The predicted molar refractivity (Wildman–Crippen MR) is 167 cm³/mol. The SMILES string of the molecule is C=CC(=O)NCc1cccc(-c2nc(-c3ccc4c(c3)CCNC4)c3c(c2-c2ccccc2OCCOC)CCC3)c1. The number of hydrogen-bond donors (Lipinski definition) is 2. The zero-order valence-corrected chi connectivity index (χ0v) is 24.2. The molecule has 0 saturated carbocycles. The molecule has 6 rings (SSSR count). The van der Waals surface area contributed by atoms with Crippen LogP contribution in [0, 0.1) is 0 Å². The van der Waals surface area contributed by atoms with Gasteiger partial charge >= 0.3 is 0 Å². The summed E-state index contributed by atoms with van der Waals surface area (Å²) in [5.74, 6) is 0.638. The number of nitrogens with zero attached hydrogens (tertiary/aromatic N) is 1. The van der Waals surface area contributed by atoms with Crippen molar-refractivity contribution in [3.63, 3.8) is 0 Å². The Labute approximate surface area is 247 Å². The van der Waals surface area contributed by atoms with Gasteiger partial charge in [0.05, 0.1) is 18.0 Å². The summed E-state index contributed by atoms with van der Waals surface area (Å²) < 4.78 is 11.5. The molecule has 2 aliphatic rings. The Bertz CT molecular complexity index is 1630. The molecule has 3 aromatic carbocycles. The van der Waals surface area contributed by atoms with Crippen molar-refractivity contribution in [2.24, 2.45) is 0 Å². The summed E-state index contributed by atoms with van der Waals surface area (Å²) in [6.45, 7) is 6.90. The first-order valence-electron chi connectivity index (χ1n) is 14.8. The van der Waals surface area contributed by atoms with Crippen LogP contribution >= 0.6 is 0 Å². The number of benzene rings is 3. The van der Waals surface area contributed by atoms with Crippen LogP contribution in [0.3, 0.4) is 0 Å². The highest BCUT2D eigenvalue weighted by molar-refractivity contribution is 5.90. The zero-order valence-electron chi connectivity index (χ0n) is 24.2. The molecular weight excluding hydrogens is 522 g/mol. The van der Waals surface area contributed by atoms with E-state index in [2.05, 4.69) is 59.7 Å². The molecule has 6 nitrogen and oxygen atoms in total. The fourth-order valence-corrected chi connectivity index (χ4v) is 6.15. The molecule has 42 heavy (non-hydrogen) atoms. The van der Waals surface area contributed by atoms with Crippen LogP contribution in [0.25, 0.3) is 33.6 Å². The Morgan fingerprint density at radius 3 is 2.69 bits per heavy atom. The number of fused-ring (bicyclic) bond motifs is 2. The van der Waals surface area contributed by atoms with Crippen LogP contribution in [-0.4, -0.2) is 37.8 Å². The highest BCUT2D eigenvalue weighted by Crippen LogP contribution is 2.45. The number of nitrogens with one attached hydrogen (secondary N) is 2. The fraction of sp³-hybridized carbons (Fsp3) is 0.278. The maximum absolute atomic E-state index is 11.9. The van der Waals surface area contributed by atoms with Gasteiger partial charge < -0.3 is 20.1 Å². The van der Waals surface area contributed by atoms with Crippen LogP contribution < -0.4 is 15.4 Å². The molecule has 214 valence electrons. The van der Waals surface area contributed by atoms with Crippen molar-refractivity contribution in [2.75, 3.05) is 26.9 Å². The quantitative estimate of drug-likeness (QED) is 0.183. The monoisotopic (exact) mass is 559 g/mol. The standard InChI is InChI=1S/C36H37N3O3/c1-3-33(40)38-22-24-8-6-9-26(20-24)36-34(31-10-4-5-13-32(31)42-19-18-41-2)29-11-7-12-30(29)35(39-36)27-14-15-28-23-37-17-16-25(28)21-27/h3-6,8-10,13-15,20-21,37H,1,7,11-12,16-19,22-23H2,2H3,(H,38,40). The Morgan fingerprint density at radius 2 is 1.81 bits per heavy atom. The lowest BCUT2D eigenvalue weighted by Crippen LogP contribution is -2.23. The van der Waals surface area contributed by atoms with Gasteiger partial charge in [-0.15, -0.1) is 0 Å². The number of para-hydroxylation sites is 1. The first-order valence-corrected chi connectivity index (χ1v) is 14.8. The number of pyridine rings is 1. The van der Waals surface area contributed by atoms with E-state index in [0.29, 0.717) is 19.8 Å². The van der Waals surface area contributed by atoms with Crippen LogP contribution in [-0.2, 0) is 41.9 Å². The highest BCUT2D eigenvalue weighted by atomic mass is 16.5. The third-order valence-corrected chi connectivity index (χ3v) is 8.19. The largest absolute Gasteiger partial charge is 0.491 e. The first kappa shape index (κ1) is 27.9. The van der Waals surface area contributed by atoms with Crippen molar-refractivity contribution in [2.45, 2.75) is 38.8 Å². The molecule has 4 aromatic rings. The van der Waals surface area contributed by atoms with Crippen LogP contribution in [0.15, 0.2) is 79.4 Å². The maximum atomic E-state index is 11.9. The Hall–Kier alpha value is -4.26. The number of carbonyl (C=O) groups is 1. The van der Waals surface area contributed by atoms with Crippen LogP contribution in [0.5, 0.6) is 5.75 Å². The highest BCUT2D eigenvalue weighted by Gasteiger charge is 2.27. The molecule has 0 saturated heterocycles. The van der Waals surface area contributed by atoms with Gasteiger partial charge in [-0.1, -0.05) is 55.1 Å². The lowest BCUT2D eigenvalue weighted by atomic mass is 9.88. The molecule has 0 radical (unpaired) electrons. The molecule has 1 amide bonds. The van der Waals surface area contributed by atoms with Gasteiger partial charge in [-0.05, 0) is 84.3 Å². The summed E-state index contributed by atoms with van der Waals surface area (Å²) in [6, 6.07) is 23.4. The van der Waals surface area contributed by atoms with Crippen molar-refractivity contribution in [1.29, 1.82) is 0 Å². The average Bonchev–Trinajstić information content (AvgIpc) is 3.53. The average molecular weight is 560 g/mol. The lowest BCUT2D eigenvalue weighted by molar-refractivity contribution is -0.116. The molecule has 1 aliphatic heterocycles. The number of amides is 1. The minimum Gasteiger partial charge on any atom is -0.491 e. The molecule has 2 N–H and O–H groups in total. The van der Waals surface area contributed by atoms with E-state index in [1.807, 2.05) is 24.3 Å². The van der Waals surface area contributed by atoms with Crippen molar-refractivity contribution in [3.05, 3.63) is 107 Å². The van der Waals surface area contributed by atoms with E-state index in [-0.39, 0.29) is 5.91 Å². The van der Waals surface area contributed by atoms with Gasteiger partial charge in [0.2, 0.25) is 5.91 Å². The van der Waals surface area contributed by atoms with Crippen molar-refractivity contribution in [3.8, 4) is 39.4 Å². The summed E-state index contributed by atoms with van der Waals surface area (Å²) in [4.78, 5) is 17.4. The molecule has 0 spiro atoms. The first-order chi connectivity index (χ1) is 20.7. The van der Waals surface area contributed by atoms with E-state index >= 15 is 0 Å². The van der Waals surface area contributed by atoms with Crippen LogP contribution in [0.2, 0.25) is 0 Å². The number of ether oxygens (including phenoxy) is 2. The number of methoxy groups -OCH3 is 1. The second kappa shape index (κ2) is 12.7. The lowest BCUT2D eigenvalue weighted by Gasteiger charge is -2.22. The van der Waals surface area contributed by atoms with Gasteiger partial charge in [-0.3, -0.25) is 4.79 Å². The third kappa shape index (κ3) is 5.73. The summed E-state index contributed by atoms with van der Waals surface area (Å²) in [6.07, 6.45) is 5.41. The van der Waals surface area contributed by atoms with Gasteiger partial charge in [0.1, 0.15) is 12.4 Å². The summed E-state index contributed by atoms with van der Waals surface area (Å²) in [7, 11) is 1.69. The van der Waals surface area contributed by atoms with Crippen LogP contribution in [0.4, 0.5) is 0 Å². The Kier molecular flexibility index (Phi) is 8.45. The van der Waals surface area contributed by atoms with Crippen molar-refractivity contribution in [1.82, 2.24) is 15.6 Å².